The van der Waals surface area contributed by atoms with Gasteiger partial charge in [0.25, 0.3) is 5.91 Å². The van der Waals surface area contributed by atoms with E-state index in [0.29, 0.717) is 11.1 Å². The van der Waals surface area contributed by atoms with Gasteiger partial charge in [-0.05, 0) is 62.9 Å². The van der Waals surface area contributed by atoms with Crippen LogP contribution in [0.2, 0.25) is 5.15 Å². The van der Waals surface area contributed by atoms with Gasteiger partial charge < -0.3 is 9.64 Å². The summed E-state index contributed by atoms with van der Waals surface area (Å²) in [4.78, 5) is 14.9. The molecule has 1 amide bonds. The maximum Gasteiger partial charge on any atom is 0.251 e. The molecule has 1 unspecified atom stereocenters. The minimum Gasteiger partial charge on any atom is -0.497 e. The molecule has 1 aromatic carbocycles. The highest BCUT2D eigenvalue weighted by atomic mass is 35.5. The van der Waals surface area contributed by atoms with E-state index in [4.69, 9.17) is 16.3 Å². The molecule has 6 heteroatoms. The van der Waals surface area contributed by atoms with Gasteiger partial charge >= 0.3 is 0 Å². The summed E-state index contributed by atoms with van der Waals surface area (Å²) in [5.41, 5.74) is 2.44. The van der Waals surface area contributed by atoms with Gasteiger partial charge in [-0.1, -0.05) is 11.6 Å². The molecular formula is C20H24ClN3O2. The van der Waals surface area contributed by atoms with E-state index in [1.807, 2.05) is 36.1 Å². The number of benzene rings is 1. The van der Waals surface area contributed by atoms with Gasteiger partial charge in [-0.25, -0.2) is 0 Å². The molecule has 0 saturated heterocycles. The van der Waals surface area contributed by atoms with Gasteiger partial charge in [-0.3, -0.25) is 9.48 Å². The molecular weight excluding hydrogens is 350 g/mol. The Labute approximate surface area is 159 Å². The number of anilines is 1. The molecule has 0 aliphatic heterocycles. The van der Waals surface area contributed by atoms with E-state index < -0.39 is 0 Å². The SMILES string of the molecule is COc1ccc(N(C(=O)/C=C/c2c(C)nn(C)c2Cl)C(C)C2CC2)cc1. The smallest absolute Gasteiger partial charge is 0.251 e. The molecule has 0 spiro atoms. The highest BCUT2D eigenvalue weighted by Crippen LogP contribution is 2.37. The predicted molar refractivity (Wildman–Crippen MR) is 105 cm³/mol. The second kappa shape index (κ2) is 7.54. The quantitative estimate of drug-likeness (QED) is 0.711. The Morgan fingerprint density at radius 1 is 1.38 bits per heavy atom. The van der Waals surface area contributed by atoms with Gasteiger partial charge in [-0.2, -0.15) is 5.10 Å². The van der Waals surface area contributed by atoms with Crippen molar-refractivity contribution < 1.29 is 9.53 Å². The third-order valence-corrected chi connectivity index (χ3v) is 5.34. The Morgan fingerprint density at radius 2 is 2.04 bits per heavy atom. The van der Waals surface area contributed by atoms with Crippen molar-refractivity contribution in [2.24, 2.45) is 13.0 Å². The summed E-state index contributed by atoms with van der Waals surface area (Å²) < 4.78 is 6.83. The average Bonchev–Trinajstić information content (AvgIpc) is 3.44. The molecule has 138 valence electrons. The molecule has 0 N–H and O–H groups in total. The van der Waals surface area contributed by atoms with Crippen molar-refractivity contribution in [3.63, 3.8) is 0 Å². The van der Waals surface area contributed by atoms with Crippen molar-refractivity contribution in [1.29, 1.82) is 0 Å². The van der Waals surface area contributed by atoms with E-state index >= 15 is 0 Å². The highest BCUT2D eigenvalue weighted by molar-refractivity contribution is 6.31. The molecule has 1 atom stereocenters. The lowest BCUT2D eigenvalue weighted by molar-refractivity contribution is -0.114. The van der Waals surface area contributed by atoms with Crippen molar-refractivity contribution in [2.75, 3.05) is 12.0 Å². The first kappa shape index (κ1) is 18.5. The number of rotatable bonds is 6. The normalized spacial score (nSPS) is 15.3. The zero-order chi connectivity index (χ0) is 18.8. The van der Waals surface area contributed by atoms with Crippen LogP contribution in [0.1, 0.15) is 31.0 Å². The van der Waals surface area contributed by atoms with Gasteiger partial charge in [0.15, 0.2) is 0 Å². The molecule has 1 saturated carbocycles. The number of hydrogen-bond acceptors (Lipinski definition) is 3. The van der Waals surface area contributed by atoms with Gasteiger partial charge in [0, 0.05) is 30.4 Å². The summed E-state index contributed by atoms with van der Waals surface area (Å²) in [6.45, 7) is 3.99. The largest absolute Gasteiger partial charge is 0.497 e. The number of carbonyl (C=O) groups is 1. The number of carbonyl (C=O) groups excluding carboxylic acids is 1. The number of halogens is 1. The first-order valence-electron chi connectivity index (χ1n) is 8.76. The van der Waals surface area contributed by atoms with Gasteiger partial charge in [-0.15, -0.1) is 0 Å². The van der Waals surface area contributed by atoms with Crippen molar-refractivity contribution in [2.45, 2.75) is 32.7 Å². The van der Waals surface area contributed by atoms with E-state index in [2.05, 4.69) is 12.0 Å². The fourth-order valence-electron chi connectivity index (χ4n) is 3.17. The van der Waals surface area contributed by atoms with Gasteiger partial charge in [0.2, 0.25) is 0 Å². The summed E-state index contributed by atoms with van der Waals surface area (Å²) in [6.07, 6.45) is 5.67. The first-order valence-corrected chi connectivity index (χ1v) is 9.14. The molecule has 1 aliphatic rings. The maximum absolute atomic E-state index is 13.0. The van der Waals surface area contributed by atoms with Gasteiger partial charge in [0.05, 0.1) is 12.8 Å². The lowest BCUT2D eigenvalue weighted by Gasteiger charge is -2.28. The van der Waals surface area contributed by atoms with Crippen molar-refractivity contribution >= 4 is 29.3 Å². The lowest BCUT2D eigenvalue weighted by atomic mass is 10.1. The number of nitrogens with zero attached hydrogens (tertiary/aromatic N) is 3. The molecule has 0 radical (unpaired) electrons. The second-order valence-corrected chi connectivity index (χ2v) is 7.09. The summed E-state index contributed by atoms with van der Waals surface area (Å²) >= 11 is 6.26. The monoisotopic (exact) mass is 373 g/mol. The summed E-state index contributed by atoms with van der Waals surface area (Å²) in [5.74, 6) is 1.26. The summed E-state index contributed by atoms with van der Waals surface area (Å²) in [7, 11) is 3.42. The Kier molecular flexibility index (Phi) is 5.37. The number of aryl methyl sites for hydroxylation is 2. The van der Waals surface area contributed by atoms with E-state index in [1.165, 1.54) is 12.8 Å². The van der Waals surface area contributed by atoms with E-state index in [1.54, 1.807) is 31.0 Å². The molecule has 1 heterocycles. The highest BCUT2D eigenvalue weighted by Gasteiger charge is 2.34. The van der Waals surface area contributed by atoms with Gasteiger partial charge in [0.1, 0.15) is 10.9 Å². The summed E-state index contributed by atoms with van der Waals surface area (Å²) in [5, 5.41) is 4.80. The number of aromatic nitrogens is 2. The van der Waals surface area contributed by atoms with Crippen LogP contribution in [0.5, 0.6) is 5.75 Å². The van der Waals surface area contributed by atoms with Crippen molar-refractivity contribution in [3.05, 3.63) is 46.8 Å². The van der Waals surface area contributed by atoms with Crippen LogP contribution in [0, 0.1) is 12.8 Å². The van der Waals surface area contributed by atoms with E-state index in [0.717, 1.165) is 22.7 Å². The molecule has 26 heavy (non-hydrogen) atoms. The Bertz CT molecular complexity index is 822. The molecule has 5 nitrogen and oxygen atoms in total. The van der Waals surface area contributed by atoms with Crippen LogP contribution in [0.3, 0.4) is 0 Å². The first-order chi connectivity index (χ1) is 12.4. The molecule has 1 aromatic heterocycles. The van der Waals surface area contributed by atoms with Crippen LogP contribution < -0.4 is 9.64 Å². The Hall–Kier alpha value is -2.27. The van der Waals surface area contributed by atoms with Crippen LogP contribution in [-0.2, 0) is 11.8 Å². The third kappa shape index (κ3) is 3.78. The zero-order valence-electron chi connectivity index (χ0n) is 15.6. The Morgan fingerprint density at radius 3 is 2.54 bits per heavy atom. The molecule has 1 fully saturated rings. The fraction of sp³-hybridized carbons (Fsp3) is 0.400. The van der Waals surface area contributed by atoms with Crippen LogP contribution in [-0.4, -0.2) is 28.8 Å². The molecule has 0 bridgehead atoms. The predicted octanol–water partition coefficient (Wildman–Crippen LogP) is 4.24. The maximum atomic E-state index is 13.0. The van der Waals surface area contributed by atoms with Crippen LogP contribution in [0.15, 0.2) is 30.3 Å². The molecule has 2 aromatic rings. The minimum atomic E-state index is -0.0612. The minimum absolute atomic E-state index is 0.0612. The van der Waals surface area contributed by atoms with E-state index in [-0.39, 0.29) is 11.9 Å². The fourth-order valence-corrected chi connectivity index (χ4v) is 3.40. The topological polar surface area (TPSA) is 47.4 Å². The Balaban J connectivity index is 1.88. The standard InChI is InChI=1S/C20H24ClN3O2/c1-13-18(20(21)23(3)22-13)11-12-19(25)24(14(2)15-5-6-15)16-7-9-17(26-4)10-8-16/h7-12,14-15H,5-6H2,1-4H3/b12-11+. The van der Waals surface area contributed by atoms with Crippen molar-refractivity contribution in [1.82, 2.24) is 9.78 Å². The number of amides is 1. The average molecular weight is 374 g/mol. The zero-order valence-corrected chi connectivity index (χ0v) is 16.3. The van der Waals surface area contributed by atoms with Crippen LogP contribution >= 0.6 is 11.6 Å². The lowest BCUT2D eigenvalue weighted by Crippen LogP contribution is -2.39. The molecule has 1 aliphatic carbocycles. The van der Waals surface area contributed by atoms with Crippen molar-refractivity contribution in [3.8, 4) is 5.75 Å². The van der Waals surface area contributed by atoms with Crippen LogP contribution in [0.25, 0.3) is 6.08 Å². The van der Waals surface area contributed by atoms with E-state index in [9.17, 15) is 4.79 Å². The summed E-state index contributed by atoms with van der Waals surface area (Å²) in [6, 6.07) is 7.74. The second-order valence-electron chi connectivity index (χ2n) is 6.73. The van der Waals surface area contributed by atoms with Crippen LogP contribution in [0.4, 0.5) is 5.69 Å². The number of hydrogen-bond donors (Lipinski definition) is 0. The third-order valence-electron chi connectivity index (χ3n) is 4.89. The molecule has 3 rings (SSSR count). The number of ether oxygens (including phenoxy) is 1. The number of methoxy groups -OCH3 is 1.